The van der Waals surface area contributed by atoms with Crippen molar-refractivity contribution in [3.63, 3.8) is 0 Å². The molecule has 92 valence electrons. The standard InChI is InChI=1S/C11H13BrN2O2S/c12-9-5-7(6-17-9)11(16)13-4-3-10(15)14-8-1-2-8/h5-6,8H,1-4H2,(H,13,16)(H,14,15). The highest BCUT2D eigenvalue weighted by molar-refractivity contribution is 9.11. The summed E-state index contributed by atoms with van der Waals surface area (Å²) in [5.41, 5.74) is 0.629. The largest absolute Gasteiger partial charge is 0.353 e. The van der Waals surface area contributed by atoms with Gasteiger partial charge in [0.05, 0.1) is 9.35 Å². The SMILES string of the molecule is O=C(CCNC(=O)c1csc(Br)c1)NC1CC1. The van der Waals surface area contributed by atoms with Gasteiger partial charge in [-0.05, 0) is 34.8 Å². The molecule has 1 aromatic rings. The smallest absolute Gasteiger partial charge is 0.252 e. The molecule has 0 aliphatic heterocycles. The minimum absolute atomic E-state index is 0.0132. The van der Waals surface area contributed by atoms with Gasteiger partial charge in [0, 0.05) is 24.4 Å². The Morgan fingerprint density at radius 1 is 1.47 bits per heavy atom. The van der Waals surface area contributed by atoms with E-state index >= 15 is 0 Å². The Balaban J connectivity index is 1.67. The van der Waals surface area contributed by atoms with Gasteiger partial charge in [-0.2, -0.15) is 0 Å². The molecule has 1 aromatic heterocycles. The van der Waals surface area contributed by atoms with Crippen LogP contribution in [-0.4, -0.2) is 24.4 Å². The fourth-order valence-corrected chi connectivity index (χ4v) is 2.48. The van der Waals surface area contributed by atoms with Crippen LogP contribution >= 0.6 is 27.3 Å². The number of carbonyl (C=O) groups is 2. The van der Waals surface area contributed by atoms with E-state index in [1.807, 2.05) is 0 Å². The average molecular weight is 317 g/mol. The van der Waals surface area contributed by atoms with Crippen LogP contribution in [0, 0.1) is 0 Å². The highest BCUT2D eigenvalue weighted by Crippen LogP contribution is 2.20. The molecule has 2 rings (SSSR count). The Bertz CT molecular complexity index is 429. The summed E-state index contributed by atoms with van der Waals surface area (Å²) in [5, 5.41) is 7.38. The minimum Gasteiger partial charge on any atom is -0.353 e. The molecule has 1 saturated carbocycles. The maximum Gasteiger partial charge on any atom is 0.252 e. The summed E-state index contributed by atoms with van der Waals surface area (Å²) in [6.07, 6.45) is 2.51. The minimum atomic E-state index is -0.133. The number of nitrogens with one attached hydrogen (secondary N) is 2. The lowest BCUT2D eigenvalue weighted by Gasteiger charge is -2.04. The molecule has 1 fully saturated rings. The van der Waals surface area contributed by atoms with E-state index in [2.05, 4.69) is 26.6 Å². The normalized spacial score (nSPS) is 14.4. The van der Waals surface area contributed by atoms with Crippen molar-refractivity contribution >= 4 is 39.1 Å². The summed E-state index contributed by atoms with van der Waals surface area (Å²) in [6.45, 7) is 0.380. The highest BCUT2D eigenvalue weighted by Gasteiger charge is 2.22. The van der Waals surface area contributed by atoms with Crippen LogP contribution in [0.4, 0.5) is 0 Å². The average Bonchev–Trinajstić information content (AvgIpc) is 2.97. The van der Waals surface area contributed by atoms with Crippen LogP contribution < -0.4 is 10.6 Å². The van der Waals surface area contributed by atoms with E-state index in [0.717, 1.165) is 16.6 Å². The Morgan fingerprint density at radius 3 is 2.82 bits per heavy atom. The van der Waals surface area contributed by atoms with Gasteiger partial charge in [-0.3, -0.25) is 9.59 Å². The second kappa shape index (κ2) is 5.64. The van der Waals surface area contributed by atoms with Crippen molar-refractivity contribution in [3.05, 3.63) is 20.8 Å². The van der Waals surface area contributed by atoms with E-state index in [4.69, 9.17) is 0 Å². The summed E-state index contributed by atoms with van der Waals surface area (Å²) < 4.78 is 0.925. The van der Waals surface area contributed by atoms with E-state index in [0.29, 0.717) is 24.6 Å². The van der Waals surface area contributed by atoms with E-state index in [9.17, 15) is 9.59 Å². The van der Waals surface area contributed by atoms with Crippen LogP contribution in [0.25, 0.3) is 0 Å². The molecule has 1 heterocycles. The van der Waals surface area contributed by atoms with Gasteiger partial charge >= 0.3 is 0 Å². The van der Waals surface area contributed by atoms with Crippen molar-refractivity contribution in [1.29, 1.82) is 0 Å². The Labute approximate surface area is 112 Å². The van der Waals surface area contributed by atoms with E-state index in [1.165, 1.54) is 11.3 Å². The lowest BCUT2D eigenvalue weighted by atomic mass is 10.3. The van der Waals surface area contributed by atoms with Gasteiger partial charge in [-0.25, -0.2) is 0 Å². The lowest BCUT2D eigenvalue weighted by molar-refractivity contribution is -0.121. The van der Waals surface area contributed by atoms with Gasteiger partial charge < -0.3 is 10.6 Å². The van der Waals surface area contributed by atoms with Crippen molar-refractivity contribution in [2.75, 3.05) is 6.54 Å². The third kappa shape index (κ3) is 4.12. The number of amides is 2. The first-order chi connectivity index (χ1) is 8.15. The van der Waals surface area contributed by atoms with Gasteiger partial charge in [0.15, 0.2) is 0 Å². The first kappa shape index (κ1) is 12.6. The maximum atomic E-state index is 11.6. The zero-order valence-corrected chi connectivity index (χ0v) is 11.6. The highest BCUT2D eigenvalue weighted by atomic mass is 79.9. The van der Waals surface area contributed by atoms with E-state index in [1.54, 1.807) is 11.4 Å². The monoisotopic (exact) mass is 316 g/mol. The molecule has 0 atom stereocenters. The molecular weight excluding hydrogens is 304 g/mol. The van der Waals surface area contributed by atoms with Crippen molar-refractivity contribution in [2.45, 2.75) is 25.3 Å². The maximum absolute atomic E-state index is 11.6. The number of carbonyl (C=O) groups excluding carboxylic acids is 2. The molecule has 0 bridgehead atoms. The number of rotatable bonds is 5. The van der Waals surface area contributed by atoms with Crippen LogP contribution in [0.15, 0.2) is 15.2 Å². The molecule has 0 aromatic carbocycles. The Kier molecular flexibility index (Phi) is 4.17. The molecule has 4 nitrogen and oxygen atoms in total. The van der Waals surface area contributed by atoms with Crippen LogP contribution in [0.2, 0.25) is 0 Å². The van der Waals surface area contributed by atoms with Gasteiger partial charge in [0.25, 0.3) is 5.91 Å². The second-order valence-corrected chi connectivity index (χ2v) is 6.28. The summed E-state index contributed by atoms with van der Waals surface area (Å²) >= 11 is 4.77. The van der Waals surface area contributed by atoms with Crippen LogP contribution in [0.1, 0.15) is 29.6 Å². The molecule has 0 radical (unpaired) electrons. The molecule has 6 heteroatoms. The van der Waals surface area contributed by atoms with Crippen LogP contribution in [0.3, 0.4) is 0 Å². The van der Waals surface area contributed by atoms with Gasteiger partial charge in [-0.1, -0.05) is 0 Å². The quantitative estimate of drug-likeness (QED) is 0.871. The summed E-state index contributed by atoms with van der Waals surface area (Å²) in [7, 11) is 0. The van der Waals surface area contributed by atoms with E-state index < -0.39 is 0 Å². The summed E-state index contributed by atoms with van der Waals surface area (Å²) in [5.74, 6) is -0.120. The molecule has 1 aliphatic rings. The predicted molar refractivity (Wildman–Crippen MR) is 70.1 cm³/mol. The second-order valence-electron chi connectivity index (χ2n) is 3.99. The molecular formula is C11H13BrN2O2S. The molecule has 2 amide bonds. The molecule has 0 unspecified atom stereocenters. The topological polar surface area (TPSA) is 58.2 Å². The molecule has 17 heavy (non-hydrogen) atoms. The summed E-state index contributed by atoms with van der Waals surface area (Å²) in [6, 6.07) is 2.15. The Hall–Kier alpha value is -0.880. The number of thiophene rings is 1. The number of hydrogen-bond donors (Lipinski definition) is 2. The molecule has 0 saturated heterocycles. The summed E-state index contributed by atoms with van der Waals surface area (Å²) in [4.78, 5) is 23.0. The van der Waals surface area contributed by atoms with Gasteiger partial charge in [0.1, 0.15) is 0 Å². The fraction of sp³-hybridized carbons (Fsp3) is 0.455. The van der Waals surface area contributed by atoms with Crippen LogP contribution in [0.5, 0.6) is 0 Å². The van der Waals surface area contributed by atoms with Crippen molar-refractivity contribution in [3.8, 4) is 0 Å². The van der Waals surface area contributed by atoms with Crippen molar-refractivity contribution in [1.82, 2.24) is 10.6 Å². The van der Waals surface area contributed by atoms with Crippen LogP contribution in [-0.2, 0) is 4.79 Å². The van der Waals surface area contributed by atoms with Crippen molar-refractivity contribution in [2.24, 2.45) is 0 Å². The van der Waals surface area contributed by atoms with Gasteiger partial charge in [0.2, 0.25) is 5.91 Å². The first-order valence-corrected chi connectivity index (χ1v) is 7.14. The zero-order chi connectivity index (χ0) is 12.3. The molecule has 1 aliphatic carbocycles. The van der Waals surface area contributed by atoms with Crippen molar-refractivity contribution < 1.29 is 9.59 Å². The van der Waals surface area contributed by atoms with Gasteiger partial charge in [-0.15, -0.1) is 11.3 Å². The zero-order valence-electron chi connectivity index (χ0n) is 9.16. The Morgan fingerprint density at radius 2 is 2.24 bits per heavy atom. The number of hydrogen-bond acceptors (Lipinski definition) is 3. The third-order valence-electron chi connectivity index (χ3n) is 2.41. The molecule has 0 spiro atoms. The first-order valence-electron chi connectivity index (χ1n) is 5.47. The fourth-order valence-electron chi connectivity index (χ4n) is 1.35. The molecule has 2 N–H and O–H groups in total. The predicted octanol–water partition coefficient (Wildman–Crippen LogP) is 1.91. The lowest BCUT2D eigenvalue weighted by Crippen LogP contribution is -2.31. The third-order valence-corrected chi connectivity index (χ3v) is 3.91. The number of halogens is 1. The van der Waals surface area contributed by atoms with E-state index in [-0.39, 0.29) is 11.8 Å².